The second kappa shape index (κ2) is 7.65. The minimum Gasteiger partial charge on any atom is -0.497 e. The van der Waals surface area contributed by atoms with E-state index in [0.29, 0.717) is 12.6 Å². The van der Waals surface area contributed by atoms with Gasteiger partial charge in [0.05, 0.1) is 7.11 Å². The van der Waals surface area contributed by atoms with Crippen molar-refractivity contribution in [2.45, 2.75) is 38.6 Å². The highest BCUT2D eigenvalue weighted by Gasteiger charge is 2.24. The molecule has 0 radical (unpaired) electrons. The van der Waals surface area contributed by atoms with Gasteiger partial charge in [0.1, 0.15) is 5.75 Å². The molecule has 0 bridgehead atoms. The second-order valence-corrected chi connectivity index (χ2v) is 5.79. The fourth-order valence-electron chi connectivity index (χ4n) is 3.28. The van der Waals surface area contributed by atoms with E-state index in [1.54, 1.807) is 7.11 Å². The number of nitrogens with zero attached hydrogens (tertiary/aromatic N) is 1. The Kier molecular flexibility index (Phi) is 5.86. The monoisotopic (exact) mass is 276 g/mol. The third-order valence-corrected chi connectivity index (χ3v) is 4.51. The van der Waals surface area contributed by atoms with Crippen LogP contribution in [-0.2, 0) is 0 Å². The predicted molar refractivity (Wildman–Crippen MR) is 84.0 cm³/mol. The summed E-state index contributed by atoms with van der Waals surface area (Å²) in [4.78, 5) is 2.55. The normalized spacial score (nSPS) is 18.9. The van der Waals surface area contributed by atoms with Gasteiger partial charge in [-0.2, -0.15) is 0 Å². The summed E-state index contributed by atoms with van der Waals surface area (Å²) in [6.07, 6.45) is 5.33. The molecule has 20 heavy (non-hydrogen) atoms. The van der Waals surface area contributed by atoms with Crippen LogP contribution in [0.2, 0.25) is 0 Å². The van der Waals surface area contributed by atoms with Gasteiger partial charge in [0.2, 0.25) is 0 Å². The smallest absolute Gasteiger partial charge is 0.118 e. The van der Waals surface area contributed by atoms with Gasteiger partial charge in [-0.25, -0.2) is 0 Å². The molecule has 3 nitrogen and oxygen atoms in total. The lowest BCUT2D eigenvalue weighted by Crippen LogP contribution is -2.39. The molecule has 1 aromatic carbocycles. The number of rotatable bonds is 6. The van der Waals surface area contributed by atoms with Crippen molar-refractivity contribution in [1.82, 2.24) is 4.90 Å². The lowest BCUT2D eigenvalue weighted by molar-refractivity contribution is 0.131. The molecule has 0 spiro atoms. The molecule has 3 heteroatoms. The zero-order chi connectivity index (χ0) is 14.4. The van der Waals surface area contributed by atoms with E-state index in [-0.39, 0.29) is 0 Å². The number of likely N-dealkylation sites (tertiary alicyclic amines) is 1. The van der Waals surface area contributed by atoms with Crippen molar-refractivity contribution in [2.75, 3.05) is 26.7 Å². The minimum absolute atomic E-state index is 0.350. The van der Waals surface area contributed by atoms with Crippen LogP contribution < -0.4 is 10.5 Å². The van der Waals surface area contributed by atoms with E-state index in [1.165, 1.54) is 44.3 Å². The van der Waals surface area contributed by atoms with E-state index < -0.39 is 0 Å². The number of hydrogen-bond acceptors (Lipinski definition) is 3. The maximum atomic E-state index is 6.03. The highest BCUT2D eigenvalue weighted by Crippen LogP contribution is 2.29. The maximum Gasteiger partial charge on any atom is 0.118 e. The topological polar surface area (TPSA) is 38.5 Å². The van der Waals surface area contributed by atoms with Crippen LogP contribution in [0.3, 0.4) is 0 Å². The van der Waals surface area contributed by atoms with Gasteiger partial charge < -0.3 is 10.5 Å². The molecular weight excluding hydrogens is 248 g/mol. The number of methoxy groups -OCH3 is 1. The van der Waals surface area contributed by atoms with E-state index in [4.69, 9.17) is 10.5 Å². The lowest BCUT2D eigenvalue weighted by Gasteiger charge is -2.37. The van der Waals surface area contributed by atoms with Gasteiger partial charge in [-0.1, -0.05) is 31.9 Å². The first-order valence-corrected chi connectivity index (χ1v) is 7.86. The Morgan fingerprint density at radius 2 is 1.90 bits per heavy atom. The molecule has 1 aromatic rings. The van der Waals surface area contributed by atoms with Gasteiger partial charge in [-0.05, 0) is 49.5 Å². The zero-order valence-corrected chi connectivity index (χ0v) is 12.8. The molecule has 0 saturated carbocycles. The predicted octanol–water partition coefficient (Wildman–Crippen LogP) is 3.21. The summed E-state index contributed by atoms with van der Waals surface area (Å²) in [5.74, 6) is 1.83. The summed E-state index contributed by atoms with van der Waals surface area (Å²) in [6, 6.07) is 8.70. The molecule has 0 aromatic heterocycles. The quantitative estimate of drug-likeness (QED) is 0.867. The Labute approximate surface area is 123 Å². The third-order valence-electron chi connectivity index (χ3n) is 4.51. The summed E-state index contributed by atoms with van der Waals surface area (Å²) in [5.41, 5.74) is 7.33. The van der Waals surface area contributed by atoms with Gasteiger partial charge in [0.25, 0.3) is 0 Å². The van der Waals surface area contributed by atoms with Gasteiger partial charge in [0.15, 0.2) is 0 Å². The standard InChI is InChI=1S/C17H28N2O/c1-3-4-14-9-11-19(12-10-14)17(13-18)15-5-7-16(20-2)8-6-15/h5-8,14,17H,3-4,9-13,18H2,1-2H3. The Balaban J connectivity index is 1.97. The zero-order valence-electron chi connectivity index (χ0n) is 12.8. The third kappa shape index (κ3) is 3.74. The molecule has 1 unspecified atom stereocenters. The Morgan fingerprint density at radius 1 is 1.25 bits per heavy atom. The van der Waals surface area contributed by atoms with Crippen molar-refractivity contribution in [1.29, 1.82) is 0 Å². The van der Waals surface area contributed by atoms with E-state index in [0.717, 1.165) is 11.7 Å². The summed E-state index contributed by atoms with van der Waals surface area (Å²) in [7, 11) is 1.70. The van der Waals surface area contributed by atoms with Crippen molar-refractivity contribution >= 4 is 0 Å². The molecule has 1 atom stereocenters. The molecule has 1 saturated heterocycles. The first-order chi connectivity index (χ1) is 9.78. The highest BCUT2D eigenvalue weighted by atomic mass is 16.5. The van der Waals surface area contributed by atoms with Crippen LogP contribution in [0.1, 0.15) is 44.2 Å². The van der Waals surface area contributed by atoms with Gasteiger partial charge in [-0.3, -0.25) is 4.90 Å². The van der Waals surface area contributed by atoms with Gasteiger partial charge in [0, 0.05) is 12.6 Å². The van der Waals surface area contributed by atoms with Crippen molar-refractivity contribution in [3.63, 3.8) is 0 Å². The Bertz CT molecular complexity index is 382. The molecule has 1 aliphatic heterocycles. The largest absolute Gasteiger partial charge is 0.497 e. The van der Waals surface area contributed by atoms with Crippen molar-refractivity contribution in [3.05, 3.63) is 29.8 Å². The fourth-order valence-corrected chi connectivity index (χ4v) is 3.28. The summed E-state index contributed by atoms with van der Waals surface area (Å²) >= 11 is 0. The average molecular weight is 276 g/mol. The van der Waals surface area contributed by atoms with Crippen LogP contribution >= 0.6 is 0 Å². The SMILES string of the molecule is CCCC1CCN(C(CN)c2ccc(OC)cc2)CC1. The molecule has 2 N–H and O–H groups in total. The molecule has 0 amide bonds. The Hall–Kier alpha value is -1.06. The number of nitrogens with two attached hydrogens (primary N) is 1. The van der Waals surface area contributed by atoms with Crippen LogP contribution in [0.5, 0.6) is 5.75 Å². The number of ether oxygens (including phenoxy) is 1. The fraction of sp³-hybridized carbons (Fsp3) is 0.647. The van der Waals surface area contributed by atoms with Crippen LogP contribution in [0, 0.1) is 5.92 Å². The molecule has 0 aliphatic carbocycles. The number of hydrogen-bond donors (Lipinski definition) is 1. The van der Waals surface area contributed by atoms with Gasteiger partial charge >= 0.3 is 0 Å². The van der Waals surface area contributed by atoms with Crippen molar-refractivity contribution < 1.29 is 4.74 Å². The second-order valence-electron chi connectivity index (χ2n) is 5.79. The molecule has 1 fully saturated rings. The molecule has 2 rings (SSSR count). The van der Waals surface area contributed by atoms with Crippen LogP contribution in [0.25, 0.3) is 0 Å². The first-order valence-electron chi connectivity index (χ1n) is 7.86. The van der Waals surface area contributed by atoms with Gasteiger partial charge in [-0.15, -0.1) is 0 Å². The molecule has 112 valence electrons. The van der Waals surface area contributed by atoms with Crippen LogP contribution in [0.15, 0.2) is 24.3 Å². The molecular formula is C17H28N2O. The van der Waals surface area contributed by atoms with E-state index in [9.17, 15) is 0 Å². The molecule has 1 heterocycles. The average Bonchev–Trinajstić information content (AvgIpc) is 2.51. The number of piperidine rings is 1. The summed E-state index contributed by atoms with van der Waals surface area (Å²) in [6.45, 7) is 5.33. The van der Waals surface area contributed by atoms with E-state index >= 15 is 0 Å². The first kappa shape index (κ1) is 15.3. The van der Waals surface area contributed by atoms with Crippen molar-refractivity contribution in [3.8, 4) is 5.75 Å². The minimum atomic E-state index is 0.350. The lowest BCUT2D eigenvalue weighted by atomic mass is 9.91. The van der Waals surface area contributed by atoms with Crippen LogP contribution in [0.4, 0.5) is 0 Å². The molecule has 1 aliphatic rings. The number of benzene rings is 1. The summed E-state index contributed by atoms with van der Waals surface area (Å²) in [5, 5.41) is 0. The van der Waals surface area contributed by atoms with Crippen molar-refractivity contribution in [2.24, 2.45) is 11.7 Å². The van der Waals surface area contributed by atoms with E-state index in [2.05, 4.69) is 24.0 Å². The highest BCUT2D eigenvalue weighted by molar-refractivity contribution is 5.29. The van der Waals surface area contributed by atoms with Crippen LogP contribution in [-0.4, -0.2) is 31.6 Å². The Morgan fingerprint density at radius 3 is 2.40 bits per heavy atom. The maximum absolute atomic E-state index is 6.03. The summed E-state index contributed by atoms with van der Waals surface area (Å²) < 4.78 is 5.22. The van der Waals surface area contributed by atoms with E-state index in [1.807, 2.05) is 12.1 Å².